The number of hydrogen-bond donors (Lipinski definition) is 0. The number of likely N-dealkylation sites (tertiary alicyclic amines) is 2. The fourth-order valence-electron chi connectivity index (χ4n) is 4.85. The van der Waals surface area contributed by atoms with Crippen molar-refractivity contribution in [1.82, 2.24) is 9.80 Å². The van der Waals surface area contributed by atoms with E-state index in [1.807, 2.05) is 64.4 Å². The maximum atomic E-state index is 13.1. The summed E-state index contributed by atoms with van der Waals surface area (Å²) in [6.07, 6.45) is 4.83. The van der Waals surface area contributed by atoms with Gasteiger partial charge in [0.05, 0.1) is 18.1 Å². The molecule has 1 unspecified atom stereocenters. The lowest BCUT2D eigenvalue weighted by Gasteiger charge is -2.34. The first-order chi connectivity index (χ1) is 15.7. The highest BCUT2D eigenvalue weighted by Crippen LogP contribution is 2.27. The first-order valence-electron chi connectivity index (χ1n) is 12.0. The third kappa shape index (κ3) is 5.14. The summed E-state index contributed by atoms with van der Waals surface area (Å²) in [4.78, 5) is 29.9. The number of para-hydroxylation sites is 1. The largest absolute Gasteiger partial charge is 0.492 e. The molecule has 5 nitrogen and oxygen atoms in total. The second kappa shape index (κ2) is 10.7. The van der Waals surface area contributed by atoms with E-state index in [2.05, 4.69) is 6.92 Å². The van der Waals surface area contributed by atoms with Crippen LogP contribution in [0.2, 0.25) is 0 Å². The van der Waals surface area contributed by atoms with Crippen LogP contribution < -0.4 is 4.74 Å². The number of nitrogens with zero attached hydrogens (tertiary/aromatic N) is 2. The maximum absolute atomic E-state index is 13.1. The van der Waals surface area contributed by atoms with Gasteiger partial charge in [-0.25, -0.2) is 0 Å². The summed E-state index contributed by atoms with van der Waals surface area (Å²) < 4.78 is 6.14. The summed E-state index contributed by atoms with van der Waals surface area (Å²) in [6.45, 7) is 5.87. The number of carbonyl (C=O) groups is 2. The Kier molecular flexibility index (Phi) is 7.46. The van der Waals surface area contributed by atoms with Gasteiger partial charge >= 0.3 is 0 Å². The SMILES string of the molecule is CCC(C(=O)N1CCC(COc2ccccc2C(=O)N2CCCC2)CC1)c1ccccc1. The van der Waals surface area contributed by atoms with E-state index in [4.69, 9.17) is 4.74 Å². The molecule has 0 N–H and O–H groups in total. The first kappa shape index (κ1) is 22.4. The standard InChI is InChI=1S/C27H34N2O3/c1-2-23(22-10-4-3-5-11-22)26(30)29-18-14-21(15-19-29)20-32-25-13-7-6-12-24(25)27(31)28-16-8-9-17-28/h3-7,10-13,21,23H,2,8-9,14-20H2,1H3. The zero-order valence-electron chi connectivity index (χ0n) is 19.0. The van der Waals surface area contributed by atoms with Crippen LogP contribution in [0.3, 0.4) is 0 Å². The third-order valence-electron chi connectivity index (χ3n) is 6.82. The normalized spacial score (nSPS) is 17.9. The van der Waals surface area contributed by atoms with Crippen molar-refractivity contribution >= 4 is 11.8 Å². The molecule has 1 atom stereocenters. The van der Waals surface area contributed by atoms with Gasteiger partial charge < -0.3 is 14.5 Å². The lowest BCUT2D eigenvalue weighted by atomic mass is 9.92. The van der Waals surface area contributed by atoms with Gasteiger partial charge in [0.25, 0.3) is 5.91 Å². The minimum atomic E-state index is -0.0625. The van der Waals surface area contributed by atoms with Crippen LogP contribution in [0.5, 0.6) is 5.75 Å². The monoisotopic (exact) mass is 434 g/mol. The van der Waals surface area contributed by atoms with E-state index in [-0.39, 0.29) is 17.7 Å². The Labute approximate surface area is 191 Å². The molecule has 0 aliphatic carbocycles. The Morgan fingerprint density at radius 2 is 1.56 bits per heavy atom. The Hall–Kier alpha value is -2.82. The van der Waals surface area contributed by atoms with Gasteiger partial charge in [0.15, 0.2) is 0 Å². The van der Waals surface area contributed by atoms with Crippen LogP contribution in [0.4, 0.5) is 0 Å². The van der Waals surface area contributed by atoms with Crippen molar-refractivity contribution in [2.75, 3.05) is 32.8 Å². The van der Waals surface area contributed by atoms with Gasteiger partial charge in [-0.2, -0.15) is 0 Å². The van der Waals surface area contributed by atoms with Crippen molar-refractivity contribution in [3.63, 3.8) is 0 Å². The maximum Gasteiger partial charge on any atom is 0.257 e. The van der Waals surface area contributed by atoms with E-state index >= 15 is 0 Å². The molecule has 0 radical (unpaired) electrons. The second-order valence-corrected chi connectivity index (χ2v) is 8.95. The van der Waals surface area contributed by atoms with E-state index < -0.39 is 0 Å². The van der Waals surface area contributed by atoms with Gasteiger partial charge in [0.2, 0.25) is 5.91 Å². The van der Waals surface area contributed by atoms with Crippen LogP contribution in [0.15, 0.2) is 54.6 Å². The highest BCUT2D eigenvalue weighted by atomic mass is 16.5. The fourth-order valence-corrected chi connectivity index (χ4v) is 4.85. The van der Waals surface area contributed by atoms with Crippen molar-refractivity contribution in [1.29, 1.82) is 0 Å². The van der Waals surface area contributed by atoms with Crippen LogP contribution in [0.1, 0.15) is 60.9 Å². The Bertz CT molecular complexity index is 900. The van der Waals surface area contributed by atoms with Gasteiger partial charge in [-0.05, 0) is 55.7 Å². The third-order valence-corrected chi connectivity index (χ3v) is 6.82. The molecular formula is C27H34N2O3. The lowest BCUT2D eigenvalue weighted by molar-refractivity contribution is -0.134. The molecule has 2 aliphatic rings. The van der Waals surface area contributed by atoms with Crippen LogP contribution in [-0.2, 0) is 4.79 Å². The quantitative estimate of drug-likeness (QED) is 0.633. The molecule has 2 amide bonds. The van der Waals surface area contributed by atoms with Gasteiger partial charge in [-0.1, -0.05) is 49.4 Å². The second-order valence-electron chi connectivity index (χ2n) is 8.95. The topological polar surface area (TPSA) is 49.9 Å². The van der Waals surface area contributed by atoms with Crippen LogP contribution in [0, 0.1) is 5.92 Å². The fraction of sp³-hybridized carbons (Fsp3) is 0.481. The molecule has 0 spiro atoms. The molecule has 5 heteroatoms. The minimum absolute atomic E-state index is 0.0625. The first-order valence-corrected chi connectivity index (χ1v) is 12.0. The Morgan fingerprint density at radius 1 is 0.906 bits per heavy atom. The van der Waals surface area contributed by atoms with Gasteiger partial charge in [0.1, 0.15) is 5.75 Å². The molecule has 2 aromatic carbocycles. The van der Waals surface area contributed by atoms with E-state index in [0.29, 0.717) is 23.8 Å². The number of piperidine rings is 1. The molecule has 2 aliphatic heterocycles. The summed E-state index contributed by atoms with van der Waals surface area (Å²) in [7, 11) is 0. The average Bonchev–Trinajstić information content (AvgIpc) is 3.39. The molecular weight excluding hydrogens is 400 g/mol. The van der Waals surface area contributed by atoms with Gasteiger partial charge in [-0.3, -0.25) is 9.59 Å². The molecule has 32 heavy (non-hydrogen) atoms. The highest BCUT2D eigenvalue weighted by Gasteiger charge is 2.29. The van der Waals surface area contributed by atoms with E-state index in [0.717, 1.165) is 63.8 Å². The summed E-state index contributed by atoms with van der Waals surface area (Å²) in [6, 6.07) is 17.7. The Balaban J connectivity index is 1.30. The predicted octanol–water partition coefficient (Wildman–Crippen LogP) is 4.73. The van der Waals surface area contributed by atoms with Crippen molar-refractivity contribution in [2.45, 2.75) is 44.9 Å². The number of rotatable bonds is 7. The summed E-state index contributed by atoms with van der Waals surface area (Å²) in [5.41, 5.74) is 1.76. The Morgan fingerprint density at radius 3 is 2.25 bits per heavy atom. The lowest BCUT2D eigenvalue weighted by Crippen LogP contribution is -2.42. The van der Waals surface area contributed by atoms with E-state index in [9.17, 15) is 9.59 Å². The molecule has 170 valence electrons. The summed E-state index contributed by atoms with van der Waals surface area (Å²) in [5.74, 6) is 1.32. The zero-order valence-corrected chi connectivity index (χ0v) is 19.0. The molecule has 2 saturated heterocycles. The molecule has 4 rings (SSSR count). The number of carbonyl (C=O) groups excluding carboxylic acids is 2. The van der Waals surface area contributed by atoms with Crippen LogP contribution in [0.25, 0.3) is 0 Å². The van der Waals surface area contributed by atoms with E-state index in [1.54, 1.807) is 0 Å². The smallest absolute Gasteiger partial charge is 0.257 e. The molecule has 0 aromatic heterocycles. The van der Waals surface area contributed by atoms with Crippen molar-refractivity contribution in [2.24, 2.45) is 5.92 Å². The van der Waals surface area contributed by atoms with Crippen molar-refractivity contribution in [3.8, 4) is 5.75 Å². The van der Waals surface area contributed by atoms with Gasteiger partial charge in [0, 0.05) is 26.2 Å². The zero-order chi connectivity index (χ0) is 22.3. The minimum Gasteiger partial charge on any atom is -0.492 e. The number of hydrogen-bond acceptors (Lipinski definition) is 3. The summed E-state index contributed by atoms with van der Waals surface area (Å²) in [5, 5.41) is 0. The van der Waals surface area contributed by atoms with Crippen LogP contribution >= 0.6 is 0 Å². The van der Waals surface area contributed by atoms with Crippen molar-refractivity contribution in [3.05, 3.63) is 65.7 Å². The van der Waals surface area contributed by atoms with Crippen LogP contribution in [-0.4, -0.2) is 54.4 Å². The van der Waals surface area contributed by atoms with E-state index in [1.165, 1.54) is 0 Å². The highest BCUT2D eigenvalue weighted by molar-refractivity contribution is 5.97. The molecule has 0 bridgehead atoms. The average molecular weight is 435 g/mol. The van der Waals surface area contributed by atoms with Crippen molar-refractivity contribution < 1.29 is 14.3 Å². The molecule has 2 aromatic rings. The number of ether oxygens (including phenoxy) is 1. The summed E-state index contributed by atoms with van der Waals surface area (Å²) >= 11 is 0. The predicted molar refractivity (Wildman–Crippen MR) is 126 cm³/mol. The van der Waals surface area contributed by atoms with Gasteiger partial charge in [-0.15, -0.1) is 0 Å². The molecule has 2 fully saturated rings. The number of benzene rings is 2. The molecule has 0 saturated carbocycles. The molecule has 2 heterocycles. The number of amides is 2.